The molecule has 3 N–H and O–H groups in total. The van der Waals surface area contributed by atoms with E-state index >= 15 is 0 Å². The fourth-order valence-electron chi connectivity index (χ4n) is 3.21. The molecule has 3 atom stereocenters. The summed E-state index contributed by atoms with van der Waals surface area (Å²) < 4.78 is 25.1. The molecular formula is C13H23F2NO3. The Labute approximate surface area is 112 Å². The molecule has 6 heteroatoms. The molecule has 2 rings (SSSR count). The Hall–Kier alpha value is -0.300. The Morgan fingerprint density at radius 2 is 1.47 bits per heavy atom. The molecule has 0 amide bonds. The van der Waals surface area contributed by atoms with Gasteiger partial charge >= 0.3 is 0 Å². The fourth-order valence-corrected chi connectivity index (χ4v) is 3.21. The van der Waals surface area contributed by atoms with E-state index in [1.54, 1.807) is 0 Å². The molecule has 0 spiro atoms. The van der Waals surface area contributed by atoms with Gasteiger partial charge in [0.15, 0.2) is 0 Å². The molecule has 2 aliphatic rings. The van der Waals surface area contributed by atoms with E-state index in [1.807, 2.05) is 4.90 Å². The van der Waals surface area contributed by atoms with E-state index in [0.717, 1.165) is 12.8 Å². The highest BCUT2D eigenvalue weighted by Gasteiger charge is 2.35. The Kier molecular flexibility index (Phi) is 5.11. The van der Waals surface area contributed by atoms with Gasteiger partial charge in [0.1, 0.15) is 6.10 Å². The molecule has 1 aliphatic carbocycles. The Morgan fingerprint density at radius 3 is 1.95 bits per heavy atom. The van der Waals surface area contributed by atoms with E-state index in [2.05, 4.69) is 0 Å². The molecule has 1 saturated heterocycles. The van der Waals surface area contributed by atoms with Gasteiger partial charge in [-0.2, -0.15) is 0 Å². The summed E-state index contributed by atoms with van der Waals surface area (Å²) in [7, 11) is 0. The molecule has 4 nitrogen and oxygen atoms in total. The zero-order chi connectivity index (χ0) is 14.0. The number of halogens is 2. The van der Waals surface area contributed by atoms with Crippen molar-refractivity contribution >= 4 is 0 Å². The summed E-state index contributed by atoms with van der Waals surface area (Å²) in [5.74, 6) is -0.111. The lowest BCUT2D eigenvalue weighted by atomic mass is 9.81. The number of aliphatic hydroxyl groups is 3. The van der Waals surface area contributed by atoms with Gasteiger partial charge in [-0.25, -0.2) is 8.78 Å². The van der Waals surface area contributed by atoms with Crippen LogP contribution in [0.25, 0.3) is 0 Å². The van der Waals surface area contributed by atoms with Crippen LogP contribution in [-0.2, 0) is 0 Å². The summed E-state index contributed by atoms with van der Waals surface area (Å²) in [4.78, 5) is 1.93. The summed E-state index contributed by atoms with van der Waals surface area (Å²) in [5, 5.41) is 28.7. The monoisotopic (exact) mass is 279 g/mol. The number of likely N-dealkylation sites (tertiary alicyclic amines) is 1. The van der Waals surface area contributed by atoms with Crippen LogP contribution in [0, 0.1) is 11.8 Å². The van der Waals surface area contributed by atoms with Crippen LogP contribution >= 0.6 is 0 Å². The maximum atomic E-state index is 12.5. The van der Waals surface area contributed by atoms with Gasteiger partial charge in [-0.1, -0.05) is 0 Å². The van der Waals surface area contributed by atoms with Gasteiger partial charge in [-0.05, 0) is 31.6 Å². The lowest BCUT2D eigenvalue weighted by molar-refractivity contribution is -0.112. The van der Waals surface area contributed by atoms with E-state index in [9.17, 15) is 24.1 Å². The Morgan fingerprint density at radius 1 is 0.947 bits per heavy atom. The normalized spacial score (nSPS) is 41.7. The van der Waals surface area contributed by atoms with Gasteiger partial charge < -0.3 is 15.3 Å². The maximum absolute atomic E-state index is 12.5. The number of aliphatic hydroxyl groups excluding tert-OH is 3. The van der Waals surface area contributed by atoms with Gasteiger partial charge in [-0.15, -0.1) is 0 Å². The summed E-state index contributed by atoms with van der Waals surface area (Å²) >= 11 is 0. The molecule has 0 bridgehead atoms. The minimum atomic E-state index is -2.21. The van der Waals surface area contributed by atoms with Crippen LogP contribution in [0.3, 0.4) is 0 Å². The van der Waals surface area contributed by atoms with Crippen molar-refractivity contribution in [3.05, 3.63) is 0 Å². The van der Waals surface area contributed by atoms with Crippen LogP contribution in [-0.4, -0.2) is 64.6 Å². The predicted octanol–water partition coefficient (Wildman–Crippen LogP) is 0.456. The summed E-state index contributed by atoms with van der Waals surface area (Å²) in [6, 6.07) is 0. The standard InChI is InChI=1S/C13H23F2NO3/c14-13(15)9-3-1-8(2-4-9)5-16-6-10(17)12(19)11(18)7-16/h8-13,17-19H,1-7H2/t8-,9-,10-,11+,12+. The van der Waals surface area contributed by atoms with E-state index in [4.69, 9.17) is 0 Å². The van der Waals surface area contributed by atoms with Crippen molar-refractivity contribution in [1.82, 2.24) is 4.90 Å². The molecule has 0 aromatic rings. The molecule has 1 aliphatic heterocycles. The van der Waals surface area contributed by atoms with Crippen molar-refractivity contribution in [2.45, 2.75) is 50.4 Å². The number of hydrogen-bond acceptors (Lipinski definition) is 4. The second-order valence-electron chi connectivity index (χ2n) is 5.96. The number of alkyl halides is 2. The maximum Gasteiger partial charge on any atom is 0.241 e. The zero-order valence-corrected chi connectivity index (χ0v) is 11.0. The highest BCUT2D eigenvalue weighted by Crippen LogP contribution is 2.33. The number of piperidine rings is 1. The molecule has 1 saturated carbocycles. The summed E-state index contributed by atoms with van der Waals surface area (Å²) in [6.45, 7) is 1.39. The first kappa shape index (κ1) is 15.1. The van der Waals surface area contributed by atoms with Crippen molar-refractivity contribution in [3.63, 3.8) is 0 Å². The highest BCUT2D eigenvalue weighted by molar-refractivity contribution is 4.87. The smallest absolute Gasteiger partial charge is 0.241 e. The van der Waals surface area contributed by atoms with Gasteiger partial charge in [0.2, 0.25) is 6.43 Å². The van der Waals surface area contributed by atoms with Crippen LogP contribution < -0.4 is 0 Å². The first-order chi connectivity index (χ1) is 8.97. The van der Waals surface area contributed by atoms with Crippen LogP contribution in [0.4, 0.5) is 8.78 Å². The topological polar surface area (TPSA) is 63.9 Å². The molecule has 1 heterocycles. The minimum absolute atomic E-state index is 0.340. The van der Waals surface area contributed by atoms with E-state index in [0.29, 0.717) is 38.4 Å². The van der Waals surface area contributed by atoms with Crippen molar-refractivity contribution in [1.29, 1.82) is 0 Å². The number of hydrogen-bond donors (Lipinski definition) is 3. The molecule has 0 aromatic heterocycles. The number of rotatable bonds is 3. The molecule has 0 radical (unpaired) electrons. The van der Waals surface area contributed by atoms with E-state index < -0.39 is 30.7 Å². The molecule has 112 valence electrons. The molecule has 19 heavy (non-hydrogen) atoms. The van der Waals surface area contributed by atoms with Crippen LogP contribution in [0.15, 0.2) is 0 Å². The second-order valence-corrected chi connectivity index (χ2v) is 5.96. The van der Waals surface area contributed by atoms with Crippen molar-refractivity contribution in [2.75, 3.05) is 19.6 Å². The van der Waals surface area contributed by atoms with Gasteiger partial charge in [-0.3, -0.25) is 4.90 Å². The molecular weight excluding hydrogens is 256 g/mol. The fraction of sp³-hybridized carbons (Fsp3) is 1.00. The quantitative estimate of drug-likeness (QED) is 0.702. The predicted molar refractivity (Wildman–Crippen MR) is 65.9 cm³/mol. The van der Waals surface area contributed by atoms with E-state index in [1.165, 1.54) is 0 Å². The number of β-amino-alcohol motifs (C(OH)–C–C–N with tert-alkyl or cyclic N) is 2. The Balaban J connectivity index is 1.77. The minimum Gasteiger partial charge on any atom is -0.389 e. The third-order valence-corrected chi connectivity index (χ3v) is 4.44. The van der Waals surface area contributed by atoms with Crippen molar-refractivity contribution in [3.8, 4) is 0 Å². The number of nitrogens with zero attached hydrogens (tertiary/aromatic N) is 1. The first-order valence-corrected chi connectivity index (χ1v) is 7.02. The first-order valence-electron chi connectivity index (χ1n) is 7.02. The average Bonchev–Trinajstić information content (AvgIpc) is 2.36. The van der Waals surface area contributed by atoms with Crippen LogP contribution in [0.5, 0.6) is 0 Å². The molecule has 2 fully saturated rings. The molecule has 0 unspecified atom stereocenters. The lowest BCUT2D eigenvalue weighted by Gasteiger charge is -2.39. The van der Waals surface area contributed by atoms with Crippen LogP contribution in [0.2, 0.25) is 0 Å². The van der Waals surface area contributed by atoms with Crippen molar-refractivity contribution in [2.24, 2.45) is 11.8 Å². The second kappa shape index (κ2) is 6.43. The third-order valence-electron chi connectivity index (χ3n) is 4.44. The van der Waals surface area contributed by atoms with Gasteiger partial charge in [0.25, 0.3) is 0 Å². The third kappa shape index (κ3) is 3.84. The molecule has 0 aromatic carbocycles. The van der Waals surface area contributed by atoms with Crippen LogP contribution in [0.1, 0.15) is 25.7 Å². The van der Waals surface area contributed by atoms with Crippen molar-refractivity contribution < 1.29 is 24.1 Å². The largest absolute Gasteiger partial charge is 0.389 e. The summed E-state index contributed by atoms with van der Waals surface area (Å²) in [6.07, 6.45) is -2.48. The lowest BCUT2D eigenvalue weighted by Crippen LogP contribution is -2.56. The van der Waals surface area contributed by atoms with Gasteiger partial charge in [0.05, 0.1) is 12.2 Å². The van der Waals surface area contributed by atoms with Gasteiger partial charge in [0, 0.05) is 25.6 Å². The van der Waals surface area contributed by atoms with E-state index in [-0.39, 0.29) is 0 Å². The summed E-state index contributed by atoms with van der Waals surface area (Å²) in [5.41, 5.74) is 0. The SMILES string of the molecule is O[C@H]1[C@H](O)CN(C[C@H]2CC[C@H](C(F)F)CC2)C[C@@H]1O. The average molecular weight is 279 g/mol. The highest BCUT2D eigenvalue weighted by atomic mass is 19.3. The zero-order valence-electron chi connectivity index (χ0n) is 11.0. The Bertz CT molecular complexity index is 273.